The molecular weight excluding hydrogens is 434 g/mol. The van der Waals surface area contributed by atoms with Crippen LogP contribution in [0.25, 0.3) is 6.08 Å². The number of nitrogens with zero attached hydrogens (tertiary/aromatic N) is 2. The van der Waals surface area contributed by atoms with Crippen molar-refractivity contribution in [3.8, 4) is 17.6 Å². The van der Waals surface area contributed by atoms with Crippen LogP contribution >= 0.6 is 0 Å². The summed E-state index contributed by atoms with van der Waals surface area (Å²) in [5.41, 5.74) is 3.79. The first kappa shape index (κ1) is 24.0. The summed E-state index contributed by atoms with van der Waals surface area (Å²) in [6, 6.07) is 18.7. The van der Waals surface area contributed by atoms with Gasteiger partial charge in [0.05, 0.1) is 12.0 Å². The number of aryl methyl sites for hydroxylation is 2. The quantitative estimate of drug-likeness (QED) is 0.211. The number of nitrogens with one attached hydrogen (secondary N) is 1. The second-order valence-corrected chi connectivity index (χ2v) is 7.51. The number of benzene rings is 3. The number of amides is 1. The Labute approximate surface area is 197 Å². The highest BCUT2D eigenvalue weighted by atomic mass is 16.6. The fourth-order valence-corrected chi connectivity index (χ4v) is 3.28. The van der Waals surface area contributed by atoms with E-state index in [1.54, 1.807) is 30.3 Å². The Balaban J connectivity index is 1.75. The number of nitro benzene ring substituents is 1. The zero-order chi connectivity index (χ0) is 24.7. The number of nitriles is 1. The topological polar surface area (TPSA) is 114 Å². The third kappa shape index (κ3) is 5.78. The van der Waals surface area contributed by atoms with Gasteiger partial charge in [0.2, 0.25) is 0 Å². The van der Waals surface area contributed by atoms with Crippen molar-refractivity contribution in [2.75, 3.05) is 12.4 Å². The number of ether oxygens (including phenoxy) is 2. The third-order valence-electron chi connectivity index (χ3n) is 5.12. The van der Waals surface area contributed by atoms with Gasteiger partial charge in [-0.15, -0.1) is 0 Å². The van der Waals surface area contributed by atoms with Crippen LogP contribution in [0, 0.1) is 35.3 Å². The molecule has 0 aliphatic heterocycles. The summed E-state index contributed by atoms with van der Waals surface area (Å²) in [5, 5.41) is 23.1. The van der Waals surface area contributed by atoms with Gasteiger partial charge in [0.25, 0.3) is 11.6 Å². The van der Waals surface area contributed by atoms with Crippen molar-refractivity contribution in [3.05, 3.63) is 98.6 Å². The van der Waals surface area contributed by atoms with Crippen molar-refractivity contribution in [3.63, 3.8) is 0 Å². The third-order valence-corrected chi connectivity index (χ3v) is 5.12. The standard InChI is InChI=1S/C26H23N3O5/c1-17-5-4-6-18(2)25(17)28-26(30)21(15-27)13-20-9-12-23(24(14-20)33-3)34-16-19-7-10-22(11-8-19)29(31)32/h4-14H,16H2,1-3H3,(H,28,30)/b21-13+. The van der Waals surface area contributed by atoms with Crippen molar-refractivity contribution in [1.82, 2.24) is 0 Å². The molecule has 0 aliphatic carbocycles. The predicted molar refractivity (Wildman–Crippen MR) is 129 cm³/mol. The van der Waals surface area contributed by atoms with Crippen LogP contribution in [0.4, 0.5) is 11.4 Å². The van der Waals surface area contributed by atoms with Gasteiger partial charge in [-0.2, -0.15) is 5.26 Å². The number of rotatable bonds is 8. The Kier molecular flexibility index (Phi) is 7.62. The number of hydrogen-bond acceptors (Lipinski definition) is 6. The highest BCUT2D eigenvalue weighted by Crippen LogP contribution is 2.30. The maximum atomic E-state index is 12.7. The Morgan fingerprint density at radius 2 is 1.76 bits per heavy atom. The summed E-state index contributed by atoms with van der Waals surface area (Å²) < 4.78 is 11.2. The van der Waals surface area contributed by atoms with Gasteiger partial charge in [-0.05, 0) is 66.4 Å². The van der Waals surface area contributed by atoms with Gasteiger partial charge < -0.3 is 14.8 Å². The summed E-state index contributed by atoms with van der Waals surface area (Å²) in [6.07, 6.45) is 1.48. The van der Waals surface area contributed by atoms with Crippen LogP contribution < -0.4 is 14.8 Å². The molecule has 0 saturated carbocycles. The van der Waals surface area contributed by atoms with Gasteiger partial charge in [0, 0.05) is 17.8 Å². The van der Waals surface area contributed by atoms with E-state index in [4.69, 9.17) is 9.47 Å². The number of nitro groups is 1. The molecule has 0 atom stereocenters. The van der Waals surface area contributed by atoms with Crippen molar-refractivity contribution in [2.24, 2.45) is 0 Å². The minimum Gasteiger partial charge on any atom is -0.493 e. The van der Waals surface area contributed by atoms with Crippen molar-refractivity contribution in [2.45, 2.75) is 20.5 Å². The first-order valence-corrected chi connectivity index (χ1v) is 10.4. The molecule has 3 aromatic rings. The second kappa shape index (κ2) is 10.8. The Morgan fingerprint density at radius 3 is 2.35 bits per heavy atom. The number of carbonyl (C=O) groups is 1. The van der Waals surface area contributed by atoms with E-state index in [0.29, 0.717) is 22.7 Å². The number of methoxy groups -OCH3 is 1. The molecule has 8 heteroatoms. The van der Waals surface area contributed by atoms with Gasteiger partial charge >= 0.3 is 0 Å². The molecule has 0 fully saturated rings. The second-order valence-electron chi connectivity index (χ2n) is 7.51. The maximum absolute atomic E-state index is 12.7. The summed E-state index contributed by atoms with van der Waals surface area (Å²) in [5.74, 6) is 0.372. The van der Waals surface area contributed by atoms with E-state index in [2.05, 4.69) is 5.32 Å². The molecule has 0 heterocycles. The fraction of sp³-hybridized carbons (Fsp3) is 0.154. The number of anilines is 1. The summed E-state index contributed by atoms with van der Waals surface area (Å²) >= 11 is 0. The molecule has 3 rings (SSSR count). The molecule has 172 valence electrons. The van der Waals surface area contributed by atoms with Crippen LogP contribution in [-0.4, -0.2) is 17.9 Å². The first-order valence-electron chi connectivity index (χ1n) is 10.4. The number of non-ortho nitro benzene ring substituents is 1. The van der Waals surface area contributed by atoms with Gasteiger partial charge in [-0.1, -0.05) is 24.3 Å². The van der Waals surface area contributed by atoms with Gasteiger partial charge in [-0.3, -0.25) is 14.9 Å². The Bertz CT molecular complexity index is 1270. The van der Waals surface area contributed by atoms with E-state index in [9.17, 15) is 20.2 Å². The van der Waals surface area contributed by atoms with E-state index >= 15 is 0 Å². The zero-order valence-electron chi connectivity index (χ0n) is 19.0. The molecule has 1 amide bonds. The number of carbonyl (C=O) groups excluding carboxylic acids is 1. The van der Waals surface area contributed by atoms with Crippen LogP contribution in [0.1, 0.15) is 22.3 Å². The monoisotopic (exact) mass is 457 g/mol. The molecular formula is C26H23N3O5. The number of hydrogen-bond donors (Lipinski definition) is 1. The highest BCUT2D eigenvalue weighted by Gasteiger charge is 2.14. The maximum Gasteiger partial charge on any atom is 0.269 e. The fourth-order valence-electron chi connectivity index (χ4n) is 3.28. The van der Waals surface area contributed by atoms with E-state index < -0.39 is 10.8 Å². The van der Waals surface area contributed by atoms with E-state index in [1.165, 1.54) is 25.3 Å². The lowest BCUT2D eigenvalue weighted by Crippen LogP contribution is -2.15. The molecule has 3 aromatic carbocycles. The van der Waals surface area contributed by atoms with Gasteiger partial charge in [-0.25, -0.2) is 0 Å². The Hall–Kier alpha value is -4.64. The van der Waals surface area contributed by atoms with E-state index in [-0.39, 0.29) is 17.9 Å². The SMILES string of the molecule is COc1cc(/C=C(\C#N)C(=O)Nc2c(C)cccc2C)ccc1OCc1ccc([N+](=O)[O-])cc1. The smallest absolute Gasteiger partial charge is 0.269 e. The first-order chi connectivity index (χ1) is 16.3. The summed E-state index contributed by atoms with van der Waals surface area (Å²) in [6.45, 7) is 3.96. The molecule has 0 unspecified atom stereocenters. The molecule has 1 N–H and O–H groups in total. The van der Waals surface area contributed by atoms with Gasteiger partial charge in [0.1, 0.15) is 18.2 Å². The lowest BCUT2D eigenvalue weighted by molar-refractivity contribution is -0.384. The molecule has 0 spiro atoms. The molecule has 0 aliphatic rings. The molecule has 0 aromatic heterocycles. The minimum absolute atomic E-state index is 0.00684. The normalized spacial score (nSPS) is 10.8. The average molecular weight is 457 g/mol. The van der Waals surface area contributed by atoms with Crippen LogP contribution in [0.5, 0.6) is 11.5 Å². The van der Waals surface area contributed by atoms with E-state index in [1.807, 2.05) is 38.1 Å². The van der Waals surface area contributed by atoms with Crippen molar-refractivity contribution in [1.29, 1.82) is 5.26 Å². The molecule has 0 saturated heterocycles. The van der Waals surface area contributed by atoms with Crippen molar-refractivity contribution >= 4 is 23.4 Å². The summed E-state index contributed by atoms with van der Waals surface area (Å²) in [7, 11) is 1.49. The average Bonchev–Trinajstić information content (AvgIpc) is 2.83. The largest absolute Gasteiger partial charge is 0.493 e. The highest BCUT2D eigenvalue weighted by molar-refractivity contribution is 6.10. The lowest BCUT2D eigenvalue weighted by atomic mass is 10.1. The minimum atomic E-state index is -0.502. The van der Waals surface area contributed by atoms with E-state index in [0.717, 1.165) is 16.7 Å². The number of para-hydroxylation sites is 1. The predicted octanol–water partition coefficient (Wildman–Crippen LogP) is 5.34. The molecule has 8 nitrogen and oxygen atoms in total. The van der Waals surface area contributed by atoms with Crippen LogP contribution in [0.3, 0.4) is 0 Å². The van der Waals surface area contributed by atoms with Crippen LogP contribution in [0.2, 0.25) is 0 Å². The molecule has 0 radical (unpaired) electrons. The molecule has 0 bridgehead atoms. The van der Waals surface area contributed by atoms with Crippen molar-refractivity contribution < 1.29 is 19.2 Å². The summed E-state index contributed by atoms with van der Waals surface area (Å²) in [4.78, 5) is 23.0. The molecule has 34 heavy (non-hydrogen) atoms. The zero-order valence-corrected chi connectivity index (χ0v) is 19.0. The Morgan fingerprint density at radius 1 is 1.09 bits per heavy atom. The van der Waals surface area contributed by atoms with Crippen LogP contribution in [0.15, 0.2) is 66.2 Å². The van der Waals surface area contributed by atoms with Crippen LogP contribution in [-0.2, 0) is 11.4 Å². The van der Waals surface area contributed by atoms with Gasteiger partial charge in [0.15, 0.2) is 11.5 Å². The lowest BCUT2D eigenvalue weighted by Gasteiger charge is -2.12.